The van der Waals surface area contributed by atoms with E-state index in [1.165, 1.54) is 32.9 Å². The Kier molecular flexibility index (Phi) is 10.4. The molecule has 1 saturated heterocycles. The van der Waals surface area contributed by atoms with Gasteiger partial charge in [-0.2, -0.15) is 5.09 Å². The molecule has 0 unspecified atom stereocenters. The highest BCUT2D eigenvalue weighted by molar-refractivity contribution is 7.52. The lowest BCUT2D eigenvalue weighted by Crippen LogP contribution is -2.45. The second-order valence-electron chi connectivity index (χ2n) is 9.90. The first-order valence-corrected chi connectivity index (χ1v) is 14.3. The first-order valence-electron chi connectivity index (χ1n) is 12.7. The summed E-state index contributed by atoms with van der Waals surface area (Å²) in [5, 5.41) is 12.9. The maximum absolute atomic E-state index is 15.0. The van der Waals surface area contributed by atoms with Crippen LogP contribution in [0, 0.1) is 5.92 Å². The largest absolute Gasteiger partial charge is 0.459 e. The van der Waals surface area contributed by atoms with Crippen molar-refractivity contribution in [3.63, 3.8) is 0 Å². The number of para-hydroxylation sites is 1. The van der Waals surface area contributed by atoms with Crippen LogP contribution in [0.4, 0.5) is 4.39 Å². The van der Waals surface area contributed by atoms with E-state index in [9.17, 15) is 33.2 Å². The number of aliphatic hydroxyl groups excluding tert-OH is 1. The lowest BCUT2D eigenvalue weighted by molar-refractivity contribution is -0.156. The van der Waals surface area contributed by atoms with E-state index < -0.39 is 75.2 Å². The normalized spacial score (nSPS) is 26.2. The van der Waals surface area contributed by atoms with Crippen LogP contribution in [0.5, 0.6) is 5.75 Å². The number of hydrogen-bond acceptors (Lipinski definition) is 10. The molecular formula is C26H34FN2O10P. The Labute approximate surface area is 231 Å². The summed E-state index contributed by atoms with van der Waals surface area (Å²) in [7, 11) is -4.40. The summed E-state index contributed by atoms with van der Waals surface area (Å²) in [5.74, 6) is -2.57. The van der Waals surface area contributed by atoms with Gasteiger partial charge in [0, 0.05) is 17.7 Å². The topological polar surface area (TPSA) is 158 Å². The van der Waals surface area contributed by atoms with Gasteiger partial charge in [-0.15, -0.1) is 0 Å². The Hall–Kier alpha value is -2.96. The Balaban J connectivity index is 1.73. The summed E-state index contributed by atoms with van der Waals surface area (Å²) in [6, 6.07) is 6.59. The SMILES string of the molecule is CC1=CN([C@H]2O[C@@H](CO[P@@](=O)(N[C@@H](C)C(=O)O[C@@H](C)C(=O)C(C)C)Oc3ccccc3)[C@H](O)[C@H]2F)C(=O)CC1=O. The van der Waals surface area contributed by atoms with Crippen LogP contribution in [0.1, 0.15) is 41.0 Å². The third-order valence-corrected chi connectivity index (χ3v) is 7.93. The van der Waals surface area contributed by atoms with Gasteiger partial charge in [0.05, 0.1) is 13.0 Å². The number of nitrogens with one attached hydrogen (secondary N) is 1. The van der Waals surface area contributed by atoms with Crippen LogP contribution in [-0.2, 0) is 37.7 Å². The maximum Gasteiger partial charge on any atom is 0.459 e. The van der Waals surface area contributed by atoms with Gasteiger partial charge in [-0.05, 0) is 32.9 Å². The molecule has 0 saturated carbocycles. The number of hydrogen-bond donors (Lipinski definition) is 2. The molecule has 1 aromatic rings. The molecule has 0 radical (unpaired) electrons. The van der Waals surface area contributed by atoms with Gasteiger partial charge in [-0.1, -0.05) is 32.0 Å². The summed E-state index contributed by atoms with van der Waals surface area (Å²) in [4.78, 5) is 49.7. The van der Waals surface area contributed by atoms with Gasteiger partial charge in [-0.3, -0.25) is 28.6 Å². The highest BCUT2D eigenvalue weighted by atomic mass is 31.2. The summed E-state index contributed by atoms with van der Waals surface area (Å²) in [6.45, 7) is 6.87. The van der Waals surface area contributed by atoms with E-state index in [2.05, 4.69) is 5.09 Å². The minimum atomic E-state index is -4.40. The van der Waals surface area contributed by atoms with Crippen molar-refractivity contribution >= 4 is 31.2 Å². The number of alkyl halides is 1. The molecule has 0 aliphatic carbocycles. The van der Waals surface area contributed by atoms with E-state index in [4.69, 9.17) is 18.5 Å². The zero-order valence-electron chi connectivity index (χ0n) is 22.8. The standard InChI is InChI=1S/C26H34FN2O10P/c1-14(2)23(32)17(5)37-26(34)16(4)28-40(35,39-18-9-7-6-8-10-18)36-13-20-24(33)22(27)25(38-20)29-12-15(3)19(30)11-21(29)31/h6-10,12,14,16-17,20,22,24-25,33H,11,13H2,1-5H3,(H,28,35)/t16-,17-,20-,22+,24-,25-,40-/m0/s1. The van der Waals surface area contributed by atoms with Gasteiger partial charge in [0.25, 0.3) is 0 Å². The molecule has 2 aliphatic heterocycles. The second-order valence-corrected chi connectivity index (χ2v) is 11.6. The first kappa shape index (κ1) is 31.6. The second kappa shape index (κ2) is 13.1. The number of ether oxygens (including phenoxy) is 2. The molecule has 3 rings (SSSR count). The predicted octanol–water partition coefficient (Wildman–Crippen LogP) is 2.45. The monoisotopic (exact) mass is 584 g/mol. The smallest absolute Gasteiger partial charge is 0.453 e. The number of benzene rings is 1. The summed E-state index contributed by atoms with van der Waals surface area (Å²) in [6.07, 6.45) is -7.13. The minimum Gasteiger partial charge on any atom is -0.453 e. The maximum atomic E-state index is 15.0. The molecule has 7 atom stereocenters. The summed E-state index contributed by atoms with van der Waals surface area (Å²) < 4.78 is 50.4. The average molecular weight is 585 g/mol. The Morgan fingerprint density at radius 1 is 1.20 bits per heavy atom. The van der Waals surface area contributed by atoms with Crippen molar-refractivity contribution in [3.8, 4) is 5.75 Å². The minimum absolute atomic E-state index is 0.112. The number of esters is 1. The van der Waals surface area contributed by atoms with Crippen LogP contribution in [0.15, 0.2) is 42.1 Å². The van der Waals surface area contributed by atoms with E-state index in [0.29, 0.717) is 0 Å². The molecule has 2 aliphatic rings. The van der Waals surface area contributed by atoms with Crippen molar-refractivity contribution in [2.45, 2.75) is 77.8 Å². The van der Waals surface area contributed by atoms with Crippen molar-refractivity contribution in [1.82, 2.24) is 9.99 Å². The Bertz CT molecular complexity index is 1190. The molecule has 14 heteroatoms. The van der Waals surface area contributed by atoms with Crippen molar-refractivity contribution in [2.75, 3.05) is 6.61 Å². The number of ketones is 2. The molecule has 1 fully saturated rings. The van der Waals surface area contributed by atoms with E-state index in [1.807, 2.05) is 0 Å². The molecule has 1 amide bonds. The number of halogens is 1. The Morgan fingerprint density at radius 3 is 2.48 bits per heavy atom. The van der Waals surface area contributed by atoms with E-state index in [1.54, 1.807) is 32.0 Å². The number of Topliss-reactive ketones (excluding diaryl/α,β-unsaturated/α-hetero) is 2. The number of nitrogens with zero attached hydrogens (tertiary/aromatic N) is 1. The summed E-state index contributed by atoms with van der Waals surface area (Å²) >= 11 is 0. The van der Waals surface area contributed by atoms with Crippen LogP contribution in [0.25, 0.3) is 0 Å². The van der Waals surface area contributed by atoms with Crippen LogP contribution >= 0.6 is 7.75 Å². The van der Waals surface area contributed by atoms with E-state index in [-0.39, 0.29) is 23.0 Å². The fourth-order valence-corrected chi connectivity index (χ4v) is 5.48. The van der Waals surface area contributed by atoms with Crippen LogP contribution in [0.3, 0.4) is 0 Å². The Morgan fingerprint density at radius 2 is 1.85 bits per heavy atom. The van der Waals surface area contributed by atoms with E-state index >= 15 is 0 Å². The zero-order chi connectivity index (χ0) is 29.8. The van der Waals surface area contributed by atoms with Crippen molar-refractivity contribution in [1.29, 1.82) is 0 Å². The van der Waals surface area contributed by atoms with E-state index in [0.717, 1.165) is 11.1 Å². The highest BCUT2D eigenvalue weighted by Crippen LogP contribution is 2.46. The van der Waals surface area contributed by atoms with Crippen molar-refractivity contribution in [2.24, 2.45) is 5.92 Å². The van der Waals surface area contributed by atoms with Gasteiger partial charge < -0.3 is 19.1 Å². The number of amides is 1. The molecule has 0 spiro atoms. The molecule has 220 valence electrons. The number of allylic oxidation sites excluding steroid dienone is 1. The lowest BCUT2D eigenvalue weighted by atomic mass is 10.1. The van der Waals surface area contributed by atoms with Crippen molar-refractivity contribution in [3.05, 3.63) is 42.1 Å². The lowest BCUT2D eigenvalue weighted by Gasteiger charge is -2.29. The molecule has 2 heterocycles. The van der Waals surface area contributed by atoms with Gasteiger partial charge in [0.2, 0.25) is 5.91 Å². The van der Waals surface area contributed by atoms with Crippen LogP contribution in [0.2, 0.25) is 0 Å². The van der Waals surface area contributed by atoms with Crippen LogP contribution < -0.4 is 9.61 Å². The first-order chi connectivity index (χ1) is 18.7. The molecule has 0 aromatic heterocycles. The number of carbonyl (C=O) groups excluding carboxylic acids is 4. The van der Waals surface area contributed by atoms with Gasteiger partial charge in [0.15, 0.2) is 30.1 Å². The number of rotatable bonds is 12. The average Bonchev–Trinajstić information content (AvgIpc) is 3.18. The number of carbonyl (C=O) groups is 4. The number of aliphatic hydroxyl groups is 1. The van der Waals surface area contributed by atoms with Crippen molar-refractivity contribution < 1.29 is 51.8 Å². The zero-order valence-corrected chi connectivity index (χ0v) is 23.7. The fourth-order valence-electron chi connectivity index (χ4n) is 3.98. The quantitative estimate of drug-likeness (QED) is 0.211. The molecule has 2 N–H and O–H groups in total. The summed E-state index contributed by atoms with van der Waals surface area (Å²) in [5.41, 5.74) is 0.222. The molecule has 12 nitrogen and oxygen atoms in total. The third-order valence-electron chi connectivity index (χ3n) is 6.29. The van der Waals surface area contributed by atoms with Gasteiger partial charge >= 0.3 is 13.7 Å². The third kappa shape index (κ3) is 7.61. The predicted molar refractivity (Wildman–Crippen MR) is 138 cm³/mol. The molecular weight excluding hydrogens is 550 g/mol. The molecule has 40 heavy (non-hydrogen) atoms. The van der Waals surface area contributed by atoms with Crippen LogP contribution in [-0.4, -0.2) is 76.8 Å². The molecule has 0 bridgehead atoms. The van der Waals surface area contributed by atoms with Gasteiger partial charge in [-0.25, -0.2) is 8.96 Å². The molecule has 1 aromatic carbocycles. The fraction of sp³-hybridized carbons (Fsp3) is 0.538. The highest BCUT2D eigenvalue weighted by Gasteiger charge is 2.49. The van der Waals surface area contributed by atoms with Gasteiger partial charge in [0.1, 0.15) is 24.0 Å².